The predicted octanol–water partition coefficient (Wildman–Crippen LogP) is 3.39. The first-order valence-electron chi connectivity index (χ1n) is 4.86. The van der Waals surface area contributed by atoms with Crippen LogP contribution in [-0.4, -0.2) is 13.7 Å². The van der Waals surface area contributed by atoms with Crippen LogP contribution >= 0.6 is 15.9 Å². The molecule has 1 aromatic rings. The highest BCUT2D eigenvalue weighted by atomic mass is 79.9. The maximum atomic E-state index is 13.3. The quantitative estimate of drug-likeness (QED) is 0.838. The molecule has 1 aliphatic rings. The Morgan fingerprint density at radius 2 is 2.13 bits per heavy atom. The third-order valence-electron chi connectivity index (χ3n) is 2.38. The van der Waals surface area contributed by atoms with Gasteiger partial charge in [-0.1, -0.05) is 0 Å². The van der Waals surface area contributed by atoms with Gasteiger partial charge in [0.25, 0.3) is 0 Å². The van der Waals surface area contributed by atoms with Crippen molar-refractivity contribution in [3.05, 3.63) is 22.4 Å². The summed E-state index contributed by atoms with van der Waals surface area (Å²) in [4.78, 5) is 0. The van der Waals surface area contributed by atoms with E-state index in [1.165, 1.54) is 26.0 Å². The lowest BCUT2D eigenvalue weighted by Crippen LogP contribution is -2.00. The molecule has 0 N–H and O–H groups in total. The summed E-state index contributed by atoms with van der Waals surface area (Å²) < 4.78 is 24.4. The van der Waals surface area contributed by atoms with Crippen molar-refractivity contribution in [1.82, 2.24) is 0 Å². The summed E-state index contributed by atoms with van der Waals surface area (Å²) in [6.07, 6.45) is 2.44. The minimum absolute atomic E-state index is 0.223. The third kappa shape index (κ3) is 2.62. The highest BCUT2D eigenvalue weighted by Gasteiger charge is 2.22. The van der Waals surface area contributed by atoms with E-state index in [4.69, 9.17) is 9.47 Å². The van der Waals surface area contributed by atoms with E-state index in [0.29, 0.717) is 18.3 Å². The topological polar surface area (TPSA) is 18.5 Å². The summed E-state index contributed by atoms with van der Waals surface area (Å²) in [7, 11) is 1.44. The Labute approximate surface area is 96.5 Å². The maximum absolute atomic E-state index is 13.3. The number of hydrogen-bond acceptors (Lipinski definition) is 2. The molecule has 0 unspecified atom stereocenters. The van der Waals surface area contributed by atoms with Gasteiger partial charge in [0.2, 0.25) is 0 Å². The molecule has 1 aromatic carbocycles. The smallest absolute Gasteiger partial charge is 0.168 e. The summed E-state index contributed by atoms with van der Waals surface area (Å²) in [5.74, 6) is 1.02. The Morgan fingerprint density at radius 1 is 1.40 bits per heavy atom. The normalized spacial score (nSPS) is 15.1. The van der Waals surface area contributed by atoms with E-state index in [1.807, 2.05) is 0 Å². The van der Waals surface area contributed by atoms with Gasteiger partial charge >= 0.3 is 0 Å². The molecule has 4 heteroatoms. The fraction of sp³-hybridized carbons (Fsp3) is 0.455. The van der Waals surface area contributed by atoms with Crippen LogP contribution in [0, 0.1) is 11.7 Å². The van der Waals surface area contributed by atoms with E-state index in [-0.39, 0.29) is 5.75 Å². The highest BCUT2D eigenvalue weighted by Crippen LogP contribution is 2.34. The fourth-order valence-corrected chi connectivity index (χ4v) is 1.71. The SMILES string of the molecule is COc1cc(Br)c(OCC2CC2)cc1F. The van der Waals surface area contributed by atoms with Gasteiger partial charge in [0.05, 0.1) is 18.2 Å². The largest absolute Gasteiger partial charge is 0.494 e. The minimum Gasteiger partial charge on any atom is -0.494 e. The zero-order valence-corrected chi connectivity index (χ0v) is 10.0. The fourth-order valence-electron chi connectivity index (χ4n) is 1.27. The molecule has 1 saturated carbocycles. The summed E-state index contributed by atoms with van der Waals surface area (Å²) in [6, 6.07) is 2.93. The third-order valence-corrected chi connectivity index (χ3v) is 3.00. The van der Waals surface area contributed by atoms with Gasteiger partial charge in [-0.25, -0.2) is 4.39 Å². The summed E-state index contributed by atoms with van der Waals surface area (Å²) in [6.45, 7) is 0.671. The van der Waals surface area contributed by atoms with E-state index >= 15 is 0 Å². The minimum atomic E-state index is -0.397. The number of methoxy groups -OCH3 is 1. The molecule has 82 valence electrons. The van der Waals surface area contributed by atoms with Crippen LogP contribution in [0.4, 0.5) is 4.39 Å². The summed E-state index contributed by atoms with van der Waals surface area (Å²) >= 11 is 3.32. The first kappa shape index (κ1) is 10.7. The second-order valence-electron chi connectivity index (χ2n) is 3.67. The molecular weight excluding hydrogens is 263 g/mol. The van der Waals surface area contributed by atoms with Crippen LogP contribution in [0.1, 0.15) is 12.8 Å². The van der Waals surface area contributed by atoms with Gasteiger partial charge in [0, 0.05) is 12.1 Å². The second kappa shape index (κ2) is 4.39. The molecule has 0 saturated heterocycles. The van der Waals surface area contributed by atoms with Gasteiger partial charge in [-0.3, -0.25) is 0 Å². The molecule has 0 aromatic heterocycles. The van der Waals surface area contributed by atoms with Crippen LogP contribution in [0.15, 0.2) is 16.6 Å². The number of hydrogen-bond donors (Lipinski definition) is 0. The number of ether oxygens (including phenoxy) is 2. The lowest BCUT2D eigenvalue weighted by molar-refractivity contribution is 0.294. The zero-order chi connectivity index (χ0) is 10.8. The molecule has 0 heterocycles. The molecule has 1 aliphatic carbocycles. The second-order valence-corrected chi connectivity index (χ2v) is 4.53. The molecule has 2 rings (SSSR count). The first-order chi connectivity index (χ1) is 7.20. The molecule has 15 heavy (non-hydrogen) atoms. The van der Waals surface area contributed by atoms with E-state index in [1.54, 1.807) is 6.07 Å². The zero-order valence-electron chi connectivity index (χ0n) is 8.43. The molecule has 0 bridgehead atoms. The standard InChI is InChI=1S/C11H12BrFO2/c1-14-11-4-8(12)10(5-9(11)13)15-6-7-2-3-7/h4-5,7H,2-3,6H2,1H3. The van der Waals surface area contributed by atoms with Crippen molar-refractivity contribution >= 4 is 15.9 Å². The van der Waals surface area contributed by atoms with Gasteiger partial charge in [-0.2, -0.15) is 0 Å². The maximum Gasteiger partial charge on any atom is 0.168 e. The lowest BCUT2D eigenvalue weighted by Gasteiger charge is -2.09. The van der Waals surface area contributed by atoms with Crippen molar-refractivity contribution in [2.45, 2.75) is 12.8 Å². The van der Waals surface area contributed by atoms with Crippen LogP contribution in [0.25, 0.3) is 0 Å². The van der Waals surface area contributed by atoms with Crippen molar-refractivity contribution in [2.24, 2.45) is 5.92 Å². The monoisotopic (exact) mass is 274 g/mol. The number of rotatable bonds is 4. The molecule has 0 amide bonds. The van der Waals surface area contributed by atoms with Crippen LogP contribution < -0.4 is 9.47 Å². The Bertz CT molecular complexity index is 364. The van der Waals surface area contributed by atoms with Gasteiger partial charge in [0.15, 0.2) is 11.6 Å². The molecule has 0 radical (unpaired) electrons. The Hall–Kier alpha value is -0.770. The highest BCUT2D eigenvalue weighted by molar-refractivity contribution is 9.10. The van der Waals surface area contributed by atoms with E-state index < -0.39 is 5.82 Å². The van der Waals surface area contributed by atoms with Crippen LogP contribution in [0.5, 0.6) is 11.5 Å². The van der Waals surface area contributed by atoms with E-state index in [0.717, 1.165) is 4.47 Å². The van der Waals surface area contributed by atoms with Crippen LogP contribution in [0.3, 0.4) is 0 Å². The molecule has 0 spiro atoms. The summed E-state index contributed by atoms with van der Waals surface area (Å²) in [5, 5.41) is 0. The molecular formula is C11H12BrFO2. The van der Waals surface area contributed by atoms with Gasteiger partial charge < -0.3 is 9.47 Å². The number of benzene rings is 1. The van der Waals surface area contributed by atoms with Crippen molar-refractivity contribution in [1.29, 1.82) is 0 Å². The summed E-state index contributed by atoms with van der Waals surface area (Å²) in [5.41, 5.74) is 0. The Morgan fingerprint density at radius 3 is 2.73 bits per heavy atom. The lowest BCUT2D eigenvalue weighted by atomic mass is 10.3. The Kier molecular flexibility index (Phi) is 3.14. The van der Waals surface area contributed by atoms with Crippen molar-refractivity contribution in [3.63, 3.8) is 0 Å². The van der Waals surface area contributed by atoms with Crippen molar-refractivity contribution < 1.29 is 13.9 Å². The number of halogens is 2. The van der Waals surface area contributed by atoms with Gasteiger partial charge in [-0.15, -0.1) is 0 Å². The van der Waals surface area contributed by atoms with Gasteiger partial charge in [0.1, 0.15) is 5.75 Å². The predicted molar refractivity (Wildman–Crippen MR) is 58.9 cm³/mol. The van der Waals surface area contributed by atoms with E-state index in [9.17, 15) is 4.39 Å². The van der Waals surface area contributed by atoms with Gasteiger partial charge in [-0.05, 0) is 34.7 Å². The average Bonchev–Trinajstić information content (AvgIpc) is 3.02. The molecule has 1 fully saturated rings. The molecule has 0 atom stereocenters. The molecule has 0 aliphatic heterocycles. The van der Waals surface area contributed by atoms with Crippen LogP contribution in [-0.2, 0) is 0 Å². The first-order valence-corrected chi connectivity index (χ1v) is 5.66. The van der Waals surface area contributed by atoms with Crippen LogP contribution in [0.2, 0.25) is 0 Å². The van der Waals surface area contributed by atoms with E-state index in [2.05, 4.69) is 15.9 Å². The van der Waals surface area contributed by atoms with Crippen molar-refractivity contribution in [2.75, 3.05) is 13.7 Å². The van der Waals surface area contributed by atoms with Crippen molar-refractivity contribution in [3.8, 4) is 11.5 Å². The average molecular weight is 275 g/mol. The molecule has 2 nitrogen and oxygen atoms in total. The Balaban J connectivity index is 2.11.